The molecule has 2 aliphatic carbocycles. The smallest absolute Gasteiger partial charge is 0.229 e. The van der Waals surface area contributed by atoms with Crippen LogP contribution in [0.25, 0.3) is 22.4 Å². The topological polar surface area (TPSA) is 105 Å². The lowest BCUT2D eigenvalue weighted by Crippen LogP contribution is -2.42. The van der Waals surface area contributed by atoms with Gasteiger partial charge in [-0.1, -0.05) is 64.1 Å². The summed E-state index contributed by atoms with van der Waals surface area (Å²) in [6.07, 6.45) is 12.8. The summed E-state index contributed by atoms with van der Waals surface area (Å²) in [6.45, 7) is 15.2. The number of nitrogens with zero attached hydrogens (tertiary/aromatic N) is 5. The first kappa shape index (κ1) is 40.2. The number of anilines is 1. The SMILES string of the molecule is CCN(CC)C1CCC(C(=O)N2CC[C@H](C(=O)Nc3ccc(-c4ccc(-c5cnc([C@@H]6CCCN6C(=O)C6CCC(N(CC)CC)CC6)[nH]5)cc4)cc3)C2)CC1. The van der Waals surface area contributed by atoms with Gasteiger partial charge < -0.3 is 29.9 Å². The lowest BCUT2D eigenvalue weighted by molar-refractivity contribution is -0.138. The highest BCUT2D eigenvalue weighted by Crippen LogP contribution is 2.37. The third-order valence-corrected chi connectivity index (χ3v) is 13.7. The van der Waals surface area contributed by atoms with Crippen molar-refractivity contribution in [3.05, 3.63) is 60.6 Å². The van der Waals surface area contributed by atoms with Crippen molar-refractivity contribution >= 4 is 23.4 Å². The molecule has 0 unspecified atom stereocenters. The first-order chi connectivity index (χ1) is 27.3. The van der Waals surface area contributed by atoms with E-state index in [1.54, 1.807) is 0 Å². The largest absolute Gasteiger partial charge is 0.342 e. The number of imidazole rings is 1. The molecule has 10 nitrogen and oxygen atoms in total. The number of hydrogen-bond acceptors (Lipinski definition) is 6. The third kappa shape index (κ3) is 8.91. The molecular weight excluding hydrogens is 699 g/mol. The predicted molar refractivity (Wildman–Crippen MR) is 224 cm³/mol. The maximum absolute atomic E-state index is 13.7. The van der Waals surface area contributed by atoms with Crippen LogP contribution in [0.4, 0.5) is 5.69 Å². The maximum atomic E-state index is 13.7. The van der Waals surface area contributed by atoms with Crippen molar-refractivity contribution in [2.24, 2.45) is 17.8 Å². The molecule has 2 saturated carbocycles. The van der Waals surface area contributed by atoms with Gasteiger partial charge in [-0.15, -0.1) is 0 Å². The second-order valence-electron chi connectivity index (χ2n) is 16.7. The fourth-order valence-corrected chi connectivity index (χ4v) is 10.3. The molecule has 0 spiro atoms. The van der Waals surface area contributed by atoms with Crippen molar-refractivity contribution < 1.29 is 14.4 Å². The van der Waals surface area contributed by atoms with Gasteiger partial charge in [0.15, 0.2) is 0 Å². The van der Waals surface area contributed by atoms with Crippen LogP contribution in [0.3, 0.4) is 0 Å². The number of hydrogen-bond donors (Lipinski definition) is 2. The molecule has 0 bridgehead atoms. The Morgan fingerprint density at radius 1 is 0.661 bits per heavy atom. The third-order valence-electron chi connectivity index (χ3n) is 13.7. The highest BCUT2D eigenvalue weighted by molar-refractivity contribution is 5.94. The average molecular weight is 764 g/mol. The fraction of sp³-hybridized carbons (Fsp3) is 0.609. The summed E-state index contributed by atoms with van der Waals surface area (Å²) in [5.41, 5.74) is 4.94. The Morgan fingerprint density at radius 3 is 1.77 bits per heavy atom. The van der Waals surface area contributed by atoms with Crippen LogP contribution in [-0.2, 0) is 14.4 Å². The van der Waals surface area contributed by atoms with Crippen molar-refractivity contribution in [1.29, 1.82) is 0 Å². The van der Waals surface area contributed by atoms with E-state index in [4.69, 9.17) is 4.98 Å². The van der Waals surface area contributed by atoms with Gasteiger partial charge in [-0.3, -0.25) is 14.4 Å². The van der Waals surface area contributed by atoms with E-state index in [1.165, 1.54) is 0 Å². The van der Waals surface area contributed by atoms with Crippen molar-refractivity contribution in [2.45, 2.75) is 116 Å². The number of carbonyl (C=O) groups is 3. The molecule has 2 aliphatic heterocycles. The summed E-state index contributed by atoms with van der Waals surface area (Å²) < 4.78 is 0. The minimum atomic E-state index is -0.180. The number of rotatable bonds is 13. The zero-order valence-corrected chi connectivity index (χ0v) is 34.3. The standard InChI is InChI=1S/C46H65N7O3/c1-5-50(6-2)39-23-17-35(18-24-39)45(55)52-29-27-37(31-52)44(54)48-38-21-15-33(16-22-38)32-11-13-34(14-12-32)41-30-47-43(49-41)42-10-9-28-53(42)46(56)36-19-25-40(26-20-36)51(7-3)8-4/h11-16,21-22,30,35-37,39-40,42H,5-10,17-20,23-29,31H2,1-4H3,(H,47,49)(H,48,54)/t35?,36?,37-,39?,40?,42-/m0/s1. The number of H-pyrrole nitrogens is 1. The van der Waals surface area contributed by atoms with E-state index in [1.807, 2.05) is 35.4 Å². The summed E-state index contributed by atoms with van der Waals surface area (Å²) in [5, 5.41) is 3.11. The predicted octanol–water partition coefficient (Wildman–Crippen LogP) is 8.00. The van der Waals surface area contributed by atoms with Gasteiger partial charge in [-0.25, -0.2) is 4.98 Å². The molecule has 3 aromatic rings. The number of aromatic nitrogens is 2. The van der Waals surface area contributed by atoms with Crippen LogP contribution in [0.5, 0.6) is 0 Å². The molecule has 1 aromatic heterocycles. The number of benzene rings is 2. The van der Waals surface area contributed by atoms with E-state index >= 15 is 0 Å². The van der Waals surface area contributed by atoms with Crippen molar-refractivity contribution in [3.8, 4) is 22.4 Å². The van der Waals surface area contributed by atoms with Gasteiger partial charge in [-0.05, 0) is 126 Å². The molecule has 302 valence electrons. The van der Waals surface area contributed by atoms with Gasteiger partial charge >= 0.3 is 0 Å². The molecule has 56 heavy (non-hydrogen) atoms. The lowest BCUT2D eigenvalue weighted by atomic mass is 9.84. The zero-order chi connectivity index (χ0) is 39.2. The zero-order valence-electron chi connectivity index (χ0n) is 34.3. The minimum absolute atomic E-state index is 0.00957. The van der Waals surface area contributed by atoms with Gasteiger partial charge in [0.05, 0.1) is 23.9 Å². The molecule has 2 atom stereocenters. The Kier molecular flexibility index (Phi) is 13.3. The molecule has 3 amide bonds. The summed E-state index contributed by atoms with van der Waals surface area (Å²) in [6, 6.07) is 17.7. The molecule has 10 heteroatoms. The first-order valence-electron chi connectivity index (χ1n) is 21.9. The molecule has 2 N–H and O–H groups in total. The second kappa shape index (κ2) is 18.5. The minimum Gasteiger partial charge on any atom is -0.342 e. The van der Waals surface area contributed by atoms with Crippen LogP contribution in [0.15, 0.2) is 54.7 Å². The van der Waals surface area contributed by atoms with E-state index in [-0.39, 0.29) is 35.6 Å². The Balaban J connectivity index is 0.888. The number of likely N-dealkylation sites (tertiary alicyclic amines) is 2. The Labute approximate surface area is 334 Å². The molecule has 0 radical (unpaired) electrons. The van der Waals surface area contributed by atoms with Crippen LogP contribution in [0.1, 0.15) is 110 Å². The Hall–Kier alpha value is -4.02. The number of aromatic amines is 1. The van der Waals surface area contributed by atoms with Gasteiger partial charge in [0, 0.05) is 49.2 Å². The molecular formula is C46H65N7O3. The molecule has 2 saturated heterocycles. The van der Waals surface area contributed by atoms with Crippen LogP contribution in [-0.4, -0.2) is 105 Å². The number of amides is 3. The van der Waals surface area contributed by atoms with Crippen LogP contribution >= 0.6 is 0 Å². The van der Waals surface area contributed by atoms with Crippen LogP contribution in [0.2, 0.25) is 0 Å². The highest BCUT2D eigenvalue weighted by Gasteiger charge is 2.38. The summed E-state index contributed by atoms with van der Waals surface area (Å²) in [7, 11) is 0. The van der Waals surface area contributed by atoms with Gasteiger partial charge in [0.1, 0.15) is 5.82 Å². The molecule has 4 aliphatic rings. The molecule has 7 rings (SSSR count). The summed E-state index contributed by atoms with van der Waals surface area (Å²) >= 11 is 0. The number of carbonyl (C=O) groups excluding carboxylic acids is 3. The quantitative estimate of drug-likeness (QED) is 0.183. The van der Waals surface area contributed by atoms with Crippen molar-refractivity contribution in [3.63, 3.8) is 0 Å². The fourth-order valence-electron chi connectivity index (χ4n) is 10.3. The van der Waals surface area contributed by atoms with Crippen molar-refractivity contribution in [1.82, 2.24) is 29.6 Å². The van der Waals surface area contributed by atoms with E-state index < -0.39 is 0 Å². The van der Waals surface area contributed by atoms with E-state index in [0.717, 1.165) is 131 Å². The van der Waals surface area contributed by atoms with Gasteiger partial charge in [0.25, 0.3) is 0 Å². The van der Waals surface area contributed by atoms with Gasteiger partial charge in [-0.2, -0.15) is 0 Å². The molecule has 2 aromatic carbocycles. The molecule has 3 heterocycles. The van der Waals surface area contributed by atoms with E-state index in [0.29, 0.717) is 37.5 Å². The lowest BCUT2D eigenvalue weighted by Gasteiger charge is -2.37. The monoisotopic (exact) mass is 764 g/mol. The first-order valence-corrected chi connectivity index (χ1v) is 21.9. The second-order valence-corrected chi connectivity index (χ2v) is 16.7. The summed E-state index contributed by atoms with van der Waals surface area (Å²) in [4.78, 5) is 57.8. The Bertz CT molecular complexity index is 1750. The molecule has 4 fully saturated rings. The number of nitrogens with one attached hydrogen (secondary N) is 2. The highest BCUT2D eigenvalue weighted by atomic mass is 16.2. The average Bonchev–Trinajstić information content (AvgIpc) is 4.04. The Morgan fingerprint density at radius 2 is 1.20 bits per heavy atom. The summed E-state index contributed by atoms with van der Waals surface area (Å²) in [5.74, 6) is 1.48. The van der Waals surface area contributed by atoms with E-state index in [9.17, 15) is 14.4 Å². The van der Waals surface area contributed by atoms with Crippen molar-refractivity contribution in [2.75, 3.05) is 51.1 Å². The normalized spacial score (nSPS) is 25.6. The maximum Gasteiger partial charge on any atom is 0.229 e. The van der Waals surface area contributed by atoms with Gasteiger partial charge in [0.2, 0.25) is 17.7 Å². The van der Waals surface area contributed by atoms with E-state index in [2.05, 4.69) is 77.0 Å². The van der Waals surface area contributed by atoms with Crippen LogP contribution in [0, 0.1) is 17.8 Å². The van der Waals surface area contributed by atoms with Crippen LogP contribution < -0.4 is 5.32 Å².